The van der Waals surface area contributed by atoms with Crippen LogP contribution in [0.4, 0.5) is 23.1 Å². The molecule has 36 heavy (non-hydrogen) atoms. The molecule has 0 amide bonds. The summed E-state index contributed by atoms with van der Waals surface area (Å²) in [6.45, 7) is 14.4. The van der Waals surface area contributed by atoms with Crippen LogP contribution in [0.25, 0.3) is 0 Å². The minimum Gasteiger partial charge on any atom is -0.489 e. The second kappa shape index (κ2) is 12.5. The van der Waals surface area contributed by atoms with Gasteiger partial charge in [-0.05, 0) is 74.9 Å². The molecule has 0 aliphatic rings. The molecule has 0 radical (unpaired) electrons. The van der Waals surface area contributed by atoms with Gasteiger partial charge in [0, 0.05) is 5.25 Å². The third-order valence-corrected chi connectivity index (χ3v) is 7.85. The van der Waals surface area contributed by atoms with Gasteiger partial charge in [-0.15, -0.1) is 0 Å². The number of aromatic nitrogens is 2. The second-order valence-electron chi connectivity index (χ2n) is 9.37. The Kier molecular flexibility index (Phi) is 9.74. The normalized spacial score (nSPS) is 12.3. The molecule has 1 atom stereocenters. The van der Waals surface area contributed by atoms with E-state index in [1.54, 1.807) is 6.20 Å². The van der Waals surface area contributed by atoms with E-state index < -0.39 is 10.8 Å². The van der Waals surface area contributed by atoms with Gasteiger partial charge < -0.3 is 15.4 Å². The van der Waals surface area contributed by atoms with Crippen LogP contribution < -0.4 is 15.4 Å². The third-order valence-electron chi connectivity index (χ3n) is 5.93. The molecule has 0 aliphatic carbocycles. The van der Waals surface area contributed by atoms with Crippen molar-refractivity contribution >= 4 is 45.5 Å². The predicted octanol–water partition coefficient (Wildman–Crippen LogP) is 8.13. The SMILES string of the molecule is CCC(CC)c1cc(OC(C)C)c(Nc2ncc(Cl)c(Nc3ccccc3S(=O)C(C)C)n2)cc1C. The highest BCUT2D eigenvalue weighted by molar-refractivity contribution is 7.85. The fourth-order valence-corrected chi connectivity index (χ4v) is 5.28. The van der Waals surface area contributed by atoms with Crippen LogP contribution in [0.15, 0.2) is 47.5 Å². The summed E-state index contributed by atoms with van der Waals surface area (Å²) in [5, 5.41) is 6.93. The van der Waals surface area contributed by atoms with Gasteiger partial charge >= 0.3 is 0 Å². The maximum absolute atomic E-state index is 12.8. The number of hydrogen-bond donors (Lipinski definition) is 2. The molecule has 0 fully saturated rings. The maximum atomic E-state index is 12.8. The number of ether oxygens (including phenoxy) is 1. The van der Waals surface area contributed by atoms with Gasteiger partial charge in [-0.25, -0.2) is 4.98 Å². The number of anilines is 4. The van der Waals surface area contributed by atoms with Crippen LogP contribution in [0.3, 0.4) is 0 Å². The number of aryl methyl sites for hydroxylation is 1. The minimum absolute atomic E-state index is 0.0170. The Hall–Kier alpha value is -2.64. The van der Waals surface area contributed by atoms with Crippen LogP contribution in [0.5, 0.6) is 5.75 Å². The predicted molar refractivity (Wildman–Crippen MR) is 152 cm³/mol. The molecule has 1 aromatic heterocycles. The number of benzene rings is 2. The molecule has 8 heteroatoms. The molecule has 0 aliphatic heterocycles. The van der Waals surface area contributed by atoms with Gasteiger partial charge in [0.05, 0.1) is 39.4 Å². The number of nitrogens with zero attached hydrogens (tertiary/aromatic N) is 2. The standard InChI is InChI=1S/C28H37ClN4O2S/c1-8-20(9-2)21-15-25(35-17(3)4)24(14-19(21)7)32-28-30-16-22(29)27(33-28)31-23-12-10-11-13-26(23)36(34)18(5)6/h10-18,20H,8-9H2,1-7H3,(H2,30,31,32,33). The van der Waals surface area contributed by atoms with E-state index in [9.17, 15) is 4.21 Å². The van der Waals surface area contributed by atoms with Gasteiger partial charge in [-0.1, -0.05) is 51.4 Å². The van der Waals surface area contributed by atoms with Crippen molar-refractivity contribution in [3.8, 4) is 5.75 Å². The van der Waals surface area contributed by atoms with E-state index in [0.717, 1.165) is 24.3 Å². The van der Waals surface area contributed by atoms with E-state index >= 15 is 0 Å². The summed E-state index contributed by atoms with van der Waals surface area (Å²) in [6.07, 6.45) is 3.72. The smallest absolute Gasteiger partial charge is 0.229 e. The average molecular weight is 529 g/mol. The average Bonchev–Trinajstić information content (AvgIpc) is 2.84. The first-order valence-corrected chi connectivity index (χ1v) is 14.1. The molecule has 0 bridgehead atoms. The van der Waals surface area contributed by atoms with Crippen molar-refractivity contribution < 1.29 is 8.95 Å². The van der Waals surface area contributed by atoms with Crippen LogP contribution in [-0.2, 0) is 10.8 Å². The summed E-state index contributed by atoms with van der Waals surface area (Å²) in [5.41, 5.74) is 3.99. The summed E-state index contributed by atoms with van der Waals surface area (Å²) in [5.74, 6) is 2.06. The first-order chi connectivity index (χ1) is 17.1. The molecule has 0 spiro atoms. The van der Waals surface area contributed by atoms with Gasteiger partial charge in [-0.3, -0.25) is 4.21 Å². The second-order valence-corrected chi connectivity index (χ2v) is 11.8. The Balaban J connectivity index is 1.96. The van der Waals surface area contributed by atoms with Crippen molar-refractivity contribution in [3.05, 3.63) is 58.7 Å². The fourth-order valence-electron chi connectivity index (χ4n) is 4.08. The lowest BCUT2D eigenvalue weighted by Crippen LogP contribution is -2.11. The Morgan fingerprint density at radius 3 is 2.36 bits per heavy atom. The van der Waals surface area contributed by atoms with E-state index in [4.69, 9.17) is 16.3 Å². The lowest BCUT2D eigenvalue weighted by molar-refractivity contribution is 0.243. The Morgan fingerprint density at radius 2 is 1.72 bits per heavy atom. The molecule has 194 valence electrons. The van der Waals surface area contributed by atoms with Crippen LogP contribution in [0.2, 0.25) is 5.02 Å². The van der Waals surface area contributed by atoms with Gasteiger partial charge in [0.25, 0.3) is 0 Å². The van der Waals surface area contributed by atoms with Gasteiger partial charge in [0.1, 0.15) is 10.8 Å². The summed E-state index contributed by atoms with van der Waals surface area (Å²) in [4.78, 5) is 9.73. The highest BCUT2D eigenvalue weighted by atomic mass is 35.5. The van der Waals surface area contributed by atoms with Crippen molar-refractivity contribution in [3.63, 3.8) is 0 Å². The highest BCUT2D eigenvalue weighted by Crippen LogP contribution is 2.37. The fraction of sp³-hybridized carbons (Fsp3) is 0.429. The van der Waals surface area contributed by atoms with E-state index in [-0.39, 0.29) is 11.4 Å². The number of para-hydroxylation sites is 1. The minimum atomic E-state index is -1.16. The Morgan fingerprint density at radius 1 is 1.03 bits per heavy atom. The molecule has 1 heterocycles. The molecule has 2 aromatic carbocycles. The molecule has 2 N–H and O–H groups in total. The zero-order valence-electron chi connectivity index (χ0n) is 22.2. The van der Waals surface area contributed by atoms with Crippen LogP contribution >= 0.6 is 11.6 Å². The van der Waals surface area contributed by atoms with E-state index in [2.05, 4.69) is 53.5 Å². The zero-order valence-corrected chi connectivity index (χ0v) is 23.8. The molecular formula is C28H37ClN4O2S. The molecular weight excluding hydrogens is 492 g/mol. The van der Waals surface area contributed by atoms with Crippen LogP contribution in [0.1, 0.15) is 71.4 Å². The molecule has 3 aromatic rings. The third kappa shape index (κ3) is 6.77. The molecule has 1 unspecified atom stereocenters. The summed E-state index contributed by atoms with van der Waals surface area (Å²) in [7, 11) is -1.16. The largest absolute Gasteiger partial charge is 0.489 e. The summed E-state index contributed by atoms with van der Waals surface area (Å²) >= 11 is 6.44. The zero-order chi connectivity index (χ0) is 26.4. The van der Waals surface area contributed by atoms with Crippen molar-refractivity contribution in [2.75, 3.05) is 10.6 Å². The Bertz CT molecular complexity index is 1210. The number of rotatable bonds is 11. The molecule has 3 rings (SSSR count). The number of nitrogens with one attached hydrogen (secondary N) is 2. The van der Waals surface area contributed by atoms with E-state index in [1.807, 2.05) is 52.0 Å². The first kappa shape index (κ1) is 27.9. The van der Waals surface area contributed by atoms with Crippen molar-refractivity contribution in [1.82, 2.24) is 9.97 Å². The van der Waals surface area contributed by atoms with Gasteiger partial charge in [-0.2, -0.15) is 4.98 Å². The number of hydrogen-bond acceptors (Lipinski definition) is 6. The quantitative estimate of drug-likeness (QED) is 0.261. The molecule has 0 saturated carbocycles. The van der Waals surface area contributed by atoms with Gasteiger partial charge in [0.2, 0.25) is 5.95 Å². The number of halogens is 1. The Labute approximate surface area is 222 Å². The van der Waals surface area contributed by atoms with E-state index in [0.29, 0.717) is 33.3 Å². The lowest BCUT2D eigenvalue weighted by Gasteiger charge is -2.22. The van der Waals surface area contributed by atoms with Crippen LogP contribution in [0, 0.1) is 6.92 Å². The summed E-state index contributed by atoms with van der Waals surface area (Å²) < 4.78 is 19.0. The van der Waals surface area contributed by atoms with Gasteiger partial charge in [0.15, 0.2) is 5.82 Å². The monoisotopic (exact) mass is 528 g/mol. The van der Waals surface area contributed by atoms with Crippen molar-refractivity contribution in [2.45, 2.75) is 83.5 Å². The van der Waals surface area contributed by atoms with Crippen LogP contribution in [-0.4, -0.2) is 25.5 Å². The molecule has 6 nitrogen and oxygen atoms in total. The highest BCUT2D eigenvalue weighted by Gasteiger charge is 2.18. The summed E-state index contributed by atoms with van der Waals surface area (Å²) in [6, 6.07) is 11.7. The van der Waals surface area contributed by atoms with E-state index in [1.165, 1.54) is 11.1 Å². The van der Waals surface area contributed by atoms with Crippen molar-refractivity contribution in [1.29, 1.82) is 0 Å². The maximum Gasteiger partial charge on any atom is 0.229 e. The van der Waals surface area contributed by atoms with Crippen molar-refractivity contribution in [2.24, 2.45) is 0 Å². The first-order valence-electron chi connectivity index (χ1n) is 12.5. The lowest BCUT2D eigenvalue weighted by atomic mass is 9.90. The molecule has 0 saturated heterocycles. The topological polar surface area (TPSA) is 76.1 Å².